The van der Waals surface area contributed by atoms with Gasteiger partial charge in [-0.2, -0.15) is 0 Å². The van der Waals surface area contributed by atoms with Gasteiger partial charge < -0.3 is 19.9 Å². The molecule has 1 aromatic heterocycles. The van der Waals surface area contributed by atoms with Crippen LogP contribution in [0.25, 0.3) is 0 Å². The zero-order chi connectivity index (χ0) is 21.9. The smallest absolute Gasteiger partial charge is 0.410 e. The number of likely N-dealkylation sites (tertiary alicyclic amines) is 1. The number of hydrogen-bond acceptors (Lipinski definition) is 5. The monoisotopic (exact) mass is 435 g/mol. The molecule has 0 spiro atoms. The van der Waals surface area contributed by atoms with Crippen molar-refractivity contribution in [2.45, 2.75) is 78.5 Å². The number of nitrogens with zero attached hydrogens (tertiary/aromatic N) is 4. The number of rotatable bonds is 5. The van der Waals surface area contributed by atoms with Crippen LogP contribution in [-0.2, 0) is 11.3 Å². The molecule has 8 heteroatoms. The number of carbonyl (C=O) groups excluding carboxylic acids is 1. The number of thiazole rings is 1. The van der Waals surface area contributed by atoms with E-state index in [1.54, 1.807) is 11.3 Å². The molecule has 2 fully saturated rings. The van der Waals surface area contributed by atoms with Gasteiger partial charge in [-0.05, 0) is 66.2 Å². The first-order valence-corrected chi connectivity index (χ1v) is 11.9. The van der Waals surface area contributed by atoms with E-state index in [0.29, 0.717) is 5.92 Å². The van der Waals surface area contributed by atoms with E-state index in [1.165, 1.54) is 17.7 Å². The van der Waals surface area contributed by atoms with Crippen LogP contribution in [0.5, 0.6) is 0 Å². The van der Waals surface area contributed by atoms with E-state index in [0.717, 1.165) is 55.7 Å². The van der Waals surface area contributed by atoms with E-state index >= 15 is 0 Å². The summed E-state index contributed by atoms with van der Waals surface area (Å²) in [5.74, 6) is 1.57. The lowest BCUT2D eigenvalue weighted by molar-refractivity contribution is 0.00928. The predicted molar refractivity (Wildman–Crippen MR) is 122 cm³/mol. The summed E-state index contributed by atoms with van der Waals surface area (Å²) in [5, 5.41) is 4.59. The maximum absolute atomic E-state index is 12.8. The summed E-state index contributed by atoms with van der Waals surface area (Å²) >= 11 is 1.73. The number of aliphatic imine (C=N–C) groups is 1. The molecule has 2 heterocycles. The molecule has 0 atom stereocenters. The summed E-state index contributed by atoms with van der Waals surface area (Å²) in [7, 11) is 1.83. The number of aryl methyl sites for hydroxylation is 2. The zero-order valence-corrected chi connectivity index (χ0v) is 20.1. The van der Waals surface area contributed by atoms with Gasteiger partial charge in [0.1, 0.15) is 5.60 Å². The molecule has 2 aliphatic rings. The van der Waals surface area contributed by atoms with E-state index in [-0.39, 0.29) is 12.1 Å². The van der Waals surface area contributed by atoms with Gasteiger partial charge in [-0.15, -0.1) is 11.3 Å². The Morgan fingerprint density at radius 2 is 1.93 bits per heavy atom. The van der Waals surface area contributed by atoms with Crippen molar-refractivity contribution in [3.05, 3.63) is 15.6 Å². The minimum Gasteiger partial charge on any atom is -0.444 e. The van der Waals surface area contributed by atoms with Crippen LogP contribution in [0.15, 0.2) is 4.99 Å². The molecule has 1 aliphatic heterocycles. The normalized spacial score (nSPS) is 18.5. The van der Waals surface area contributed by atoms with Crippen molar-refractivity contribution in [3.63, 3.8) is 0 Å². The van der Waals surface area contributed by atoms with E-state index < -0.39 is 5.60 Å². The summed E-state index contributed by atoms with van der Waals surface area (Å²) in [6.07, 6.45) is 4.17. The molecule has 3 rings (SSSR count). The van der Waals surface area contributed by atoms with Crippen molar-refractivity contribution in [2.75, 3.05) is 26.7 Å². The Bertz CT molecular complexity index is 758. The predicted octanol–water partition coefficient (Wildman–Crippen LogP) is 3.95. The number of ether oxygens (including phenoxy) is 1. The summed E-state index contributed by atoms with van der Waals surface area (Å²) in [6.45, 7) is 13.2. The van der Waals surface area contributed by atoms with Gasteiger partial charge in [0, 0.05) is 37.6 Å². The summed E-state index contributed by atoms with van der Waals surface area (Å²) in [6, 6.07) is 0.237. The Balaban J connectivity index is 1.55. The molecular weight excluding hydrogens is 398 g/mol. The van der Waals surface area contributed by atoms with Crippen LogP contribution in [0, 0.1) is 19.8 Å². The second kappa shape index (κ2) is 9.54. The van der Waals surface area contributed by atoms with Crippen molar-refractivity contribution in [2.24, 2.45) is 10.9 Å². The first kappa shape index (κ1) is 22.8. The fourth-order valence-electron chi connectivity index (χ4n) is 3.89. The molecule has 30 heavy (non-hydrogen) atoms. The summed E-state index contributed by atoms with van der Waals surface area (Å²) in [4.78, 5) is 27.4. The van der Waals surface area contributed by atoms with Gasteiger partial charge in [-0.25, -0.2) is 9.78 Å². The molecule has 1 aliphatic carbocycles. The van der Waals surface area contributed by atoms with Gasteiger partial charge in [0.2, 0.25) is 0 Å². The van der Waals surface area contributed by atoms with Gasteiger partial charge in [-0.1, -0.05) is 0 Å². The minimum absolute atomic E-state index is 0.161. The number of guanidine groups is 1. The van der Waals surface area contributed by atoms with Gasteiger partial charge in [0.15, 0.2) is 5.96 Å². The number of piperidine rings is 1. The molecule has 0 aromatic carbocycles. The van der Waals surface area contributed by atoms with Crippen LogP contribution in [-0.4, -0.2) is 65.2 Å². The Morgan fingerprint density at radius 1 is 1.27 bits per heavy atom. The van der Waals surface area contributed by atoms with Gasteiger partial charge in [-0.3, -0.25) is 4.99 Å². The van der Waals surface area contributed by atoms with Crippen LogP contribution in [0.4, 0.5) is 4.79 Å². The first-order chi connectivity index (χ1) is 14.2. The van der Waals surface area contributed by atoms with Crippen molar-refractivity contribution < 1.29 is 9.53 Å². The quantitative estimate of drug-likeness (QED) is 0.560. The fourth-order valence-corrected chi connectivity index (χ4v) is 4.77. The highest BCUT2D eigenvalue weighted by Gasteiger charge is 2.35. The largest absolute Gasteiger partial charge is 0.444 e. The Morgan fingerprint density at radius 3 is 2.43 bits per heavy atom. The Labute approximate surface area is 184 Å². The molecule has 0 unspecified atom stereocenters. The third-order valence-corrected chi connectivity index (χ3v) is 6.68. The standard InChI is InChI=1S/C22H37N5O2S/c1-15-19(30-16(2)25-15)13-24-20(23-6)26-11-9-18(10-12-26)27(14-17-7-8-17)21(28)29-22(3,4)5/h17-18H,7-14H2,1-6H3,(H,23,24). The first-order valence-electron chi connectivity index (χ1n) is 11.0. The van der Waals surface area contributed by atoms with Crippen LogP contribution >= 0.6 is 11.3 Å². The number of amides is 1. The zero-order valence-electron chi connectivity index (χ0n) is 19.3. The maximum Gasteiger partial charge on any atom is 0.410 e. The number of aromatic nitrogens is 1. The lowest BCUT2D eigenvalue weighted by atomic mass is 10.0. The second-order valence-corrected chi connectivity index (χ2v) is 10.7. The number of carbonyl (C=O) groups is 1. The van der Waals surface area contributed by atoms with Crippen LogP contribution in [0.1, 0.15) is 62.0 Å². The van der Waals surface area contributed by atoms with Crippen molar-refractivity contribution in [1.82, 2.24) is 20.1 Å². The highest BCUT2D eigenvalue weighted by Crippen LogP contribution is 2.32. The second-order valence-electron chi connectivity index (χ2n) is 9.44. The van der Waals surface area contributed by atoms with E-state index in [2.05, 4.69) is 27.1 Å². The van der Waals surface area contributed by atoms with Crippen LogP contribution in [0.3, 0.4) is 0 Å². The van der Waals surface area contributed by atoms with E-state index in [9.17, 15) is 4.79 Å². The van der Waals surface area contributed by atoms with Crippen molar-refractivity contribution in [3.8, 4) is 0 Å². The van der Waals surface area contributed by atoms with Crippen molar-refractivity contribution >= 4 is 23.4 Å². The molecule has 1 aromatic rings. The SMILES string of the molecule is CN=C(NCc1sc(C)nc1C)N1CCC(N(CC2CC2)C(=O)OC(C)(C)C)CC1. The highest BCUT2D eigenvalue weighted by molar-refractivity contribution is 7.11. The third kappa shape index (κ3) is 6.33. The van der Waals surface area contributed by atoms with Crippen molar-refractivity contribution in [1.29, 1.82) is 0 Å². The highest BCUT2D eigenvalue weighted by atomic mass is 32.1. The molecule has 1 saturated heterocycles. The maximum atomic E-state index is 12.8. The number of hydrogen-bond donors (Lipinski definition) is 1. The lowest BCUT2D eigenvalue weighted by Crippen LogP contribution is -2.52. The van der Waals surface area contributed by atoms with Gasteiger partial charge in [0.25, 0.3) is 0 Å². The van der Waals surface area contributed by atoms with Crippen LogP contribution < -0.4 is 5.32 Å². The molecule has 1 N–H and O–H groups in total. The number of nitrogens with one attached hydrogen (secondary N) is 1. The molecule has 168 valence electrons. The average molecular weight is 436 g/mol. The molecule has 0 bridgehead atoms. The fraction of sp³-hybridized carbons (Fsp3) is 0.773. The Kier molecular flexibility index (Phi) is 7.26. The molecule has 1 saturated carbocycles. The molecule has 7 nitrogen and oxygen atoms in total. The van der Waals surface area contributed by atoms with E-state index in [1.807, 2.05) is 39.6 Å². The third-order valence-electron chi connectivity index (χ3n) is 5.60. The molecule has 1 amide bonds. The molecular formula is C22H37N5O2S. The Hall–Kier alpha value is -1.83. The van der Waals surface area contributed by atoms with E-state index in [4.69, 9.17) is 4.74 Å². The van der Waals surface area contributed by atoms with Gasteiger partial charge in [0.05, 0.1) is 17.2 Å². The van der Waals surface area contributed by atoms with Crippen LogP contribution in [0.2, 0.25) is 0 Å². The lowest BCUT2D eigenvalue weighted by Gasteiger charge is -2.40. The molecule has 0 radical (unpaired) electrons. The summed E-state index contributed by atoms with van der Waals surface area (Å²) < 4.78 is 5.71. The minimum atomic E-state index is -0.460. The average Bonchev–Trinajstić information content (AvgIpc) is 3.43. The van der Waals surface area contributed by atoms with Gasteiger partial charge >= 0.3 is 6.09 Å². The summed E-state index contributed by atoms with van der Waals surface area (Å²) in [5.41, 5.74) is 0.630. The topological polar surface area (TPSA) is 70.1 Å².